The van der Waals surface area contributed by atoms with Gasteiger partial charge in [-0.2, -0.15) is 4.99 Å². The number of carbonyl (C=O) groups excluding carboxylic acids is 3. The molecule has 3 amide bonds. The predicted molar refractivity (Wildman–Crippen MR) is 170 cm³/mol. The lowest BCUT2D eigenvalue weighted by molar-refractivity contribution is -0.139. The first-order valence-corrected chi connectivity index (χ1v) is 17.7. The molecular weight excluding hydrogens is 584 g/mol. The van der Waals surface area contributed by atoms with E-state index in [9.17, 15) is 22.8 Å². The molecule has 0 saturated carbocycles. The number of nitrogens with one attached hydrogen (secondary N) is 2. The minimum Gasteiger partial charge on any atom is -0.372 e. The Morgan fingerprint density at radius 3 is 2.41 bits per heavy atom. The number of hydrogen-bond acceptors (Lipinski definition) is 6. The molecule has 12 nitrogen and oxygen atoms in total. The van der Waals surface area contributed by atoms with E-state index in [1.54, 1.807) is 0 Å². The average molecular weight is 635 g/mol. The fourth-order valence-corrected chi connectivity index (χ4v) is 6.57. The Bertz CT molecular complexity index is 1220. The minimum atomic E-state index is -3.65. The molecule has 3 atom stereocenters. The highest BCUT2D eigenvalue weighted by molar-refractivity contribution is 7.88. The molecule has 2 aliphatic rings. The number of carbonyl (C=O) groups is 3. The summed E-state index contributed by atoms with van der Waals surface area (Å²) in [6, 6.07) is 7.56. The molecule has 3 rings (SSSR count). The molecule has 2 saturated heterocycles. The van der Waals surface area contributed by atoms with E-state index in [4.69, 9.17) is 10.5 Å². The van der Waals surface area contributed by atoms with E-state index in [1.165, 1.54) is 12.0 Å². The summed E-state index contributed by atoms with van der Waals surface area (Å²) in [5, 5.41) is 3.02. The second-order valence-corrected chi connectivity index (χ2v) is 13.7. The quantitative estimate of drug-likeness (QED) is 0.149. The van der Waals surface area contributed by atoms with E-state index in [-0.39, 0.29) is 30.1 Å². The maximum Gasteiger partial charge on any atom is 0.277 e. The van der Waals surface area contributed by atoms with Gasteiger partial charge < -0.3 is 25.6 Å². The van der Waals surface area contributed by atoms with Crippen LogP contribution in [0.4, 0.5) is 0 Å². The molecule has 2 aliphatic heterocycles. The first-order chi connectivity index (χ1) is 21.0. The number of rotatable bonds is 15. The summed E-state index contributed by atoms with van der Waals surface area (Å²) in [7, 11) is -2.14. The number of nitrogens with two attached hydrogens (primary N) is 1. The molecule has 1 unspecified atom stereocenters. The lowest BCUT2D eigenvalue weighted by Crippen LogP contribution is -2.54. The van der Waals surface area contributed by atoms with Crippen molar-refractivity contribution in [3.05, 3.63) is 35.9 Å². The summed E-state index contributed by atoms with van der Waals surface area (Å²) in [4.78, 5) is 46.9. The van der Waals surface area contributed by atoms with Crippen molar-refractivity contribution in [2.75, 3.05) is 39.5 Å². The summed E-state index contributed by atoms with van der Waals surface area (Å²) in [5.41, 5.74) is 7.00. The molecule has 246 valence electrons. The molecule has 2 fully saturated rings. The Hall–Kier alpha value is -3.03. The van der Waals surface area contributed by atoms with Gasteiger partial charge in [0.25, 0.3) is 5.91 Å². The smallest absolute Gasteiger partial charge is 0.277 e. The van der Waals surface area contributed by atoms with Crippen LogP contribution in [0.5, 0.6) is 0 Å². The van der Waals surface area contributed by atoms with Gasteiger partial charge in [0.2, 0.25) is 21.8 Å². The number of nitrogens with zero attached hydrogens (tertiary/aromatic N) is 3. The number of guanidine groups is 1. The Morgan fingerprint density at radius 1 is 1.07 bits per heavy atom. The van der Waals surface area contributed by atoms with Gasteiger partial charge in [-0.25, -0.2) is 13.1 Å². The van der Waals surface area contributed by atoms with Gasteiger partial charge in [0, 0.05) is 33.3 Å². The number of unbranched alkanes of at least 4 members (excludes halogenated alkanes) is 3. The van der Waals surface area contributed by atoms with E-state index in [0.29, 0.717) is 45.4 Å². The fourth-order valence-electron chi connectivity index (χ4n) is 5.87. The van der Waals surface area contributed by atoms with E-state index in [0.717, 1.165) is 50.3 Å². The summed E-state index contributed by atoms with van der Waals surface area (Å²) < 4.78 is 31.9. The van der Waals surface area contributed by atoms with Crippen LogP contribution in [0.2, 0.25) is 0 Å². The number of sulfonamides is 1. The highest BCUT2D eigenvalue weighted by Gasteiger charge is 2.38. The number of amides is 3. The highest BCUT2D eigenvalue weighted by atomic mass is 32.2. The average Bonchev–Trinajstić information content (AvgIpc) is 3.49. The van der Waals surface area contributed by atoms with Gasteiger partial charge in [0.1, 0.15) is 18.2 Å². The standard InChI is InChI=1S/C31H50N6O6S/c1-4-5-6-10-15-27(43-2)29(39)34-31(32)36-19-16-24(17-20-36)22-33-28(38)26-14-11-18-37(26)30(40)25(35-44(3,41)42)21-23-12-8-7-9-13-23/h7-9,12-13,24-27,35H,4-6,10-11,14-22H2,1-3H3,(H,33,38)(H2,32,34,39)/t25-,26+,27?/m1/s1. The van der Waals surface area contributed by atoms with Gasteiger partial charge in [-0.1, -0.05) is 62.9 Å². The molecule has 0 aliphatic carbocycles. The third-order valence-corrected chi connectivity index (χ3v) is 9.10. The van der Waals surface area contributed by atoms with Crippen molar-refractivity contribution < 1.29 is 27.5 Å². The molecule has 4 N–H and O–H groups in total. The van der Waals surface area contributed by atoms with Crippen molar-refractivity contribution in [1.82, 2.24) is 19.8 Å². The number of piperidine rings is 1. The number of benzene rings is 1. The second kappa shape index (κ2) is 17.5. The Kier molecular flexibility index (Phi) is 14.1. The fraction of sp³-hybridized carbons (Fsp3) is 0.677. The van der Waals surface area contributed by atoms with Crippen molar-refractivity contribution in [2.45, 2.75) is 89.3 Å². The number of hydrogen-bond donors (Lipinski definition) is 3. The molecule has 44 heavy (non-hydrogen) atoms. The zero-order chi connectivity index (χ0) is 32.1. The molecule has 0 radical (unpaired) electrons. The Balaban J connectivity index is 1.50. The topological polar surface area (TPSA) is 163 Å². The minimum absolute atomic E-state index is 0.194. The van der Waals surface area contributed by atoms with Crippen LogP contribution in [0.15, 0.2) is 35.3 Å². The number of likely N-dealkylation sites (tertiary alicyclic amines) is 2. The van der Waals surface area contributed by atoms with Crippen LogP contribution in [0.1, 0.15) is 70.3 Å². The van der Waals surface area contributed by atoms with Crippen LogP contribution in [-0.4, -0.2) is 99.6 Å². The van der Waals surface area contributed by atoms with Gasteiger partial charge in [-0.3, -0.25) is 14.4 Å². The van der Waals surface area contributed by atoms with Crippen molar-refractivity contribution in [3.8, 4) is 0 Å². The first kappa shape index (κ1) is 35.4. The summed E-state index contributed by atoms with van der Waals surface area (Å²) in [6.45, 7) is 4.22. The Labute approximate surface area is 262 Å². The molecular formula is C31H50N6O6S. The summed E-state index contributed by atoms with van der Waals surface area (Å²) >= 11 is 0. The Morgan fingerprint density at radius 2 is 1.77 bits per heavy atom. The predicted octanol–water partition coefficient (Wildman–Crippen LogP) is 1.79. The van der Waals surface area contributed by atoms with E-state index < -0.39 is 34.1 Å². The van der Waals surface area contributed by atoms with Crippen LogP contribution in [-0.2, 0) is 35.6 Å². The largest absolute Gasteiger partial charge is 0.372 e. The lowest BCUT2D eigenvalue weighted by Gasteiger charge is -2.33. The molecule has 13 heteroatoms. The first-order valence-electron chi connectivity index (χ1n) is 15.8. The van der Waals surface area contributed by atoms with E-state index in [2.05, 4.69) is 22.0 Å². The molecule has 1 aromatic rings. The maximum absolute atomic E-state index is 13.5. The molecule has 0 aromatic heterocycles. The van der Waals surface area contributed by atoms with Crippen molar-refractivity contribution >= 4 is 33.7 Å². The zero-order valence-corrected chi connectivity index (χ0v) is 27.2. The molecule has 1 aromatic carbocycles. The summed E-state index contributed by atoms with van der Waals surface area (Å²) in [6.07, 6.45) is 8.18. The van der Waals surface area contributed by atoms with E-state index >= 15 is 0 Å². The van der Waals surface area contributed by atoms with Crippen LogP contribution >= 0.6 is 0 Å². The van der Waals surface area contributed by atoms with Gasteiger partial charge in [-0.05, 0) is 50.0 Å². The number of aliphatic imine (C=N–C) groups is 1. The number of methoxy groups -OCH3 is 1. The van der Waals surface area contributed by atoms with Gasteiger partial charge in [-0.15, -0.1) is 0 Å². The summed E-state index contributed by atoms with van der Waals surface area (Å²) in [5.74, 6) is -0.573. The lowest BCUT2D eigenvalue weighted by atomic mass is 9.97. The van der Waals surface area contributed by atoms with Crippen molar-refractivity contribution in [2.24, 2.45) is 16.6 Å². The third kappa shape index (κ3) is 11.2. The normalized spacial score (nSPS) is 19.5. The monoisotopic (exact) mass is 634 g/mol. The molecule has 2 heterocycles. The molecule has 0 spiro atoms. The second-order valence-electron chi connectivity index (χ2n) is 11.9. The van der Waals surface area contributed by atoms with Gasteiger partial charge in [0.05, 0.1) is 6.26 Å². The van der Waals surface area contributed by atoms with Gasteiger partial charge >= 0.3 is 0 Å². The SMILES string of the molecule is CCCCCCC(OC)C(=O)N=C(N)N1CCC(CNC(=O)[C@@H]2CCCN2C(=O)[C@@H](Cc2ccccc2)NS(C)(=O)=O)CC1. The van der Waals surface area contributed by atoms with Crippen LogP contribution in [0, 0.1) is 5.92 Å². The van der Waals surface area contributed by atoms with E-state index in [1.807, 2.05) is 35.2 Å². The maximum atomic E-state index is 13.5. The third-order valence-electron chi connectivity index (χ3n) is 8.38. The van der Waals surface area contributed by atoms with Crippen LogP contribution in [0.3, 0.4) is 0 Å². The van der Waals surface area contributed by atoms with Crippen LogP contribution in [0.25, 0.3) is 0 Å². The number of ether oxygens (including phenoxy) is 1. The van der Waals surface area contributed by atoms with Crippen molar-refractivity contribution in [3.63, 3.8) is 0 Å². The zero-order valence-electron chi connectivity index (χ0n) is 26.4. The van der Waals surface area contributed by atoms with Crippen LogP contribution < -0.4 is 15.8 Å². The molecule has 0 bridgehead atoms. The van der Waals surface area contributed by atoms with Crippen molar-refractivity contribution in [1.29, 1.82) is 0 Å². The highest BCUT2D eigenvalue weighted by Crippen LogP contribution is 2.21. The van der Waals surface area contributed by atoms with Gasteiger partial charge in [0.15, 0.2) is 5.96 Å².